The van der Waals surface area contributed by atoms with Gasteiger partial charge in [0.2, 0.25) is 10.0 Å². The fourth-order valence-corrected chi connectivity index (χ4v) is 4.16. The summed E-state index contributed by atoms with van der Waals surface area (Å²) in [6.45, 7) is 0.342. The van der Waals surface area contributed by atoms with Crippen LogP contribution in [0.1, 0.15) is 5.56 Å². The number of pyridine rings is 1. The van der Waals surface area contributed by atoms with Crippen LogP contribution in [0.3, 0.4) is 0 Å². The van der Waals surface area contributed by atoms with Crippen LogP contribution in [0, 0.1) is 0 Å². The van der Waals surface area contributed by atoms with Crippen LogP contribution >= 0.6 is 0 Å². The number of rotatable bonds is 7. The van der Waals surface area contributed by atoms with Crippen molar-refractivity contribution in [2.24, 2.45) is 0 Å². The van der Waals surface area contributed by atoms with Gasteiger partial charge in [-0.2, -0.15) is 5.10 Å². The SMILES string of the molecule is O=C(NCCS(=O)(=O)Nc1ccn2nccc2c1)NCc1cccc2ccccc12. The second-order valence-electron chi connectivity index (χ2n) is 6.78. The number of aromatic nitrogens is 2. The molecule has 0 atom stereocenters. The van der Waals surface area contributed by atoms with E-state index >= 15 is 0 Å². The number of anilines is 1. The van der Waals surface area contributed by atoms with Crippen LogP contribution in [0.15, 0.2) is 73.1 Å². The Morgan fingerprint density at radius 3 is 2.73 bits per heavy atom. The lowest BCUT2D eigenvalue weighted by Gasteiger charge is -2.11. The topological polar surface area (TPSA) is 105 Å². The number of carbonyl (C=O) groups excluding carboxylic acids is 1. The van der Waals surface area contributed by atoms with Crippen LogP contribution in [0.4, 0.5) is 10.5 Å². The summed E-state index contributed by atoms with van der Waals surface area (Å²) in [5, 5.41) is 11.6. The number of nitrogens with one attached hydrogen (secondary N) is 3. The average Bonchev–Trinajstić information content (AvgIpc) is 3.19. The molecular formula is C21H21N5O3S. The summed E-state index contributed by atoms with van der Waals surface area (Å²) in [5.41, 5.74) is 2.22. The Hall–Kier alpha value is -3.59. The summed E-state index contributed by atoms with van der Waals surface area (Å²) in [6, 6.07) is 18.5. The van der Waals surface area contributed by atoms with Crippen LogP contribution in [0.2, 0.25) is 0 Å². The Morgan fingerprint density at radius 2 is 1.83 bits per heavy atom. The first kappa shape index (κ1) is 19.7. The van der Waals surface area contributed by atoms with Gasteiger partial charge in [-0.1, -0.05) is 42.5 Å². The predicted octanol–water partition coefficient (Wildman–Crippen LogP) is 2.73. The molecule has 2 aromatic carbocycles. The van der Waals surface area contributed by atoms with Crippen molar-refractivity contribution < 1.29 is 13.2 Å². The van der Waals surface area contributed by atoms with E-state index in [4.69, 9.17) is 0 Å². The smallest absolute Gasteiger partial charge is 0.315 e. The second-order valence-corrected chi connectivity index (χ2v) is 8.63. The van der Waals surface area contributed by atoms with Gasteiger partial charge in [0.25, 0.3) is 0 Å². The van der Waals surface area contributed by atoms with Gasteiger partial charge in [0.05, 0.1) is 17.0 Å². The molecule has 0 saturated heterocycles. The normalized spacial score (nSPS) is 11.5. The highest BCUT2D eigenvalue weighted by Gasteiger charge is 2.12. The van der Waals surface area contributed by atoms with Gasteiger partial charge >= 0.3 is 6.03 Å². The first-order chi connectivity index (χ1) is 14.5. The zero-order valence-electron chi connectivity index (χ0n) is 16.1. The molecule has 4 rings (SSSR count). The number of carbonyl (C=O) groups is 1. The van der Waals surface area contributed by atoms with E-state index in [-0.39, 0.29) is 12.3 Å². The fourth-order valence-electron chi connectivity index (χ4n) is 3.20. The third-order valence-corrected chi connectivity index (χ3v) is 5.94. The van der Waals surface area contributed by atoms with Crippen LogP contribution in [0.25, 0.3) is 16.3 Å². The minimum atomic E-state index is -3.60. The van der Waals surface area contributed by atoms with E-state index in [1.165, 1.54) is 0 Å². The minimum Gasteiger partial charge on any atom is -0.337 e. The lowest BCUT2D eigenvalue weighted by atomic mass is 10.0. The molecule has 0 unspecified atom stereocenters. The molecule has 2 amide bonds. The molecule has 30 heavy (non-hydrogen) atoms. The number of amides is 2. The second kappa shape index (κ2) is 8.42. The third kappa shape index (κ3) is 4.69. The van der Waals surface area contributed by atoms with Gasteiger partial charge in [-0.15, -0.1) is 0 Å². The molecule has 154 valence electrons. The highest BCUT2D eigenvalue weighted by Crippen LogP contribution is 2.18. The van der Waals surface area contributed by atoms with Crippen molar-refractivity contribution in [1.82, 2.24) is 20.2 Å². The first-order valence-corrected chi connectivity index (χ1v) is 11.1. The van der Waals surface area contributed by atoms with E-state index in [2.05, 4.69) is 20.5 Å². The molecular weight excluding hydrogens is 402 g/mol. The molecule has 0 radical (unpaired) electrons. The maximum Gasteiger partial charge on any atom is 0.315 e. The number of benzene rings is 2. The Morgan fingerprint density at radius 1 is 1.00 bits per heavy atom. The van der Waals surface area contributed by atoms with Crippen LogP contribution in [0.5, 0.6) is 0 Å². The Kier molecular flexibility index (Phi) is 5.53. The largest absolute Gasteiger partial charge is 0.337 e. The number of fused-ring (bicyclic) bond motifs is 2. The number of hydrogen-bond donors (Lipinski definition) is 3. The van der Waals surface area contributed by atoms with Crippen LogP contribution in [-0.2, 0) is 16.6 Å². The van der Waals surface area contributed by atoms with Crippen molar-refractivity contribution in [2.45, 2.75) is 6.54 Å². The molecule has 0 saturated carbocycles. The molecule has 2 heterocycles. The molecule has 8 nitrogen and oxygen atoms in total. The lowest BCUT2D eigenvalue weighted by molar-refractivity contribution is 0.241. The van der Waals surface area contributed by atoms with E-state index in [0.717, 1.165) is 21.9 Å². The number of sulfonamides is 1. The predicted molar refractivity (Wildman–Crippen MR) is 117 cm³/mol. The zero-order valence-corrected chi connectivity index (χ0v) is 16.9. The Balaban J connectivity index is 1.27. The van der Waals surface area contributed by atoms with Gasteiger partial charge in [-0.3, -0.25) is 4.72 Å². The number of nitrogens with zero attached hydrogens (tertiary/aromatic N) is 2. The van der Waals surface area contributed by atoms with Gasteiger partial charge < -0.3 is 10.6 Å². The minimum absolute atomic E-state index is 0.00830. The summed E-state index contributed by atoms with van der Waals surface area (Å²) in [4.78, 5) is 12.1. The molecule has 9 heteroatoms. The summed E-state index contributed by atoms with van der Waals surface area (Å²) >= 11 is 0. The van der Waals surface area contributed by atoms with Crippen molar-refractivity contribution >= 4 is 38.0 Å². The van der Waals surface area contributed by atoms with Crippen molar-refractivity contribution in [3.63, 3.8) is 0 Å². The lowest BCUT2D eigenvalue weighted by Crippen LogP contribution is -2.38. The van der Waals surface area contributed by atoms with Gasteiger partial charge in [0.15, 0.2) is 0 Å². The summed E-state index contributed by atoms with van der Waals surface area (Å²) in [6.07, 6.45) is 3.31. The van der Waals surface area contributed by atoms with Crippen molar-refractivity contribution in [3.05, 3.63) is 78.6 Å². The maximum atomic E-state index is 12.3. The molecule has 0 bridgehead atoms. The van der Waals surface area contributed by atoms with Crippen molar-refractivity contribution in [3.8, 4) is 0 Å². The first-order valence-electron chi connectivity index (χ1n) is 9.42. The summed E-state index contributed by atoms with van der Waals surface area (Å²) in [5.74, 6) is -0.237. The Labute approximate surface area is 174 Å². The molecule has 0 aliphatic rings. The Bertz CT molecular complexity index is 1300. The van der Waals surface area contributed by atoms with E-state index < -0.39 is 16.1 Å². The van der Waals surface area contributed by atoms with Crippen molar-refractivity contribution in [2.75, 3.05) is 17.0 Å². The highest BCUT2D eigenvalue weighted by molar-refractivity contribution is 7.92. The molecule has 3 N–H and O–H groups in total. The van der Waals surface area contributed by atoms with Gasteiger partial charge in [-0.05, 0) is 34.5 Å². The monoisotopic (exact) mass is 423 g/mol. The molecule has 4 aromatic rings. The molecule has 2 aromatic heterocycles. The average molecular weight is 423 g/mol. The van der Waals surface area contributed by atoms with Crippen LogP contribution < -0.4 is 15.4 Å². The van der Waals surface area contributed by atoms with Gasteiger partial charge in [0, 0.05) is 25.5 Å². The van der Waals surface area contributed by atoms with E-state index in [9.17, 15) is 13.2 Å². The number of hydrogen-bond acceptors (Lipinski definition) is 4. The molecule has 0 fully saturated rings. The zero-order chi connectivity index (χ0) is 21.0. The quantitative estimate of drug-likeness (QED) is 0.425. The summed E-state index contributed by atoms with van der Waals surface area (Å²) in [7, 11) is -3.60. The molecule has 0 aliphatic heterocycles. The van der Waals surface area contributed by atoms with Gasteiger partial charge in [0.1, 0.15) is 0 Å². The fraction of sp³-hybridized carbons (Fsp3) is 0.143. The van der Waals surface area contributed by atoms with Crippen LogP contribution in [-0.4, -0.2) is 36.4 Å². The van der Waals surface area contributed by atoms with E-state index in [1.54, 1.807) is 35.1 Å². The maximum absolute atomic E-state index is 12.3. The molecule has 0 spiro atoms. The standard InChI is InChI=1S/C21H21N5O3S/c27-21(23-15-17-6-3-5-16-4-1-2-7-20(16)17)22-11-13-30(28,29)25-18-9-12-26-19(14-18)8-10-24-26/h1-10,12,14,25H,11,13,15H2,(H2,22,23,27). The van der Waals surface area contributed by atoms with E-state index in [0.29, 0.717) is 12.2 Å². The van der Waals surface area contributed by atoms with Gasteiger partial charge in [-0.25, -0.2) is 17.7 Å². The van der Waals surface area contributed by atoms with Crippen molar-refractivity contribution in [1.29, 1.82) is 0 Å². The number of urea groups is 1. The molecule has 0 aliphatic carbocycles. The third-order valence-electron chi connectivity index (χ3n) is 4.65. The van der Waals surface area contributed by atoms with E-state index in [1.807, 2.05) is 42.5 Å². The highest BCUT2D eigenvalue weighted by atomic mass is 32.2. The summed E-state index contributed by atoms with van der Waals surface area (Å²) < 4.78 is 28.7.